The van der Waals surface area contributed by atoms with Gasteiger partial charge in [-0.15, -0.1) is 0 Å². The van der Waals surface area contributed by atoms with Crippen LogP contribution in [-0.4, -0.2) is 49.4 Å². The summed E-state index contributed by atoms with van der Waals surface area (Å²) in [4.78, 5) is 20.2. The number of nitrogens with zero attached hydrogens (tertiary/aromatic N) is 5. The van der Waals surface area contributed by atoms with Gasteiger partial charge in [-0.3, -0.25) is 4.79 Å². The number of pyridine rings is 1. The molecule has 1 saturated carbocycles. The predicted octanol–water partition coefficient (Wildman–Crippen LogP) is 3.40. The summed E-state index contributed by atoms with van der Waals surface area (Å²) in [6.45, 7) is 0.661. The highest BCUT2D eigenvalue weighted by Crippen LogP contribution is 2.40. The highest BCUT2D eigenvalue weighted by Gasteiger charge is 2.47. The monoisotopic (exact) mass is 428 g/mol. The zero-order valence-electron chi connectivity index (χ0n) is 16.3. The molecule has 3 heterocycles. The van der Waals surface area contributed by atoms with E-state index in [9.17, 15) is 18.0 Å². The smallest absolute Gasteiger partial charge is 0.379 e. The fourth-order valence-corrected chi connectivity index (χ4v) is 4.60. The Labute approximate surface area is 175 Å². The summed E-state index contributed by atoms with van der Waals surface area (Å²) >= 11 is 0. The number of hydrogen-bond acceptors (Lipinski definition) is 5. The van der Waals surface area contributed by atoms with Crippen molar-refractivity contribution in [3.63, 3.8) is 0 Å². The molecule has 1 aromatic carbocycles. The van der Waals surface area contributed by atoms with Crippen molar-refractivity contribution in [2.24, 2.45) is 5.92 Å². The molecule has 1 N–H and O–H groups in total. The number of piperidine rings is 1. The van der Waals surface area contributed by atoms with Gasteiger partial charge in [0.15, 0.2) is 0 Å². The lowest BCUT2D eigenvalue weighted by Crippen LogP contribution is -2.47. The fourth-order valence-electron chi connectivity index (χ4n) is 4.60. The Hall–Kier alpha value is -3.43. The van der Waals surface area contributed by atoms with Crippen LogP contribution in [0.3, 0.4) is 0 Å². The molecule has 1 aliphatic heterocycles. The number of carbonyl (C=O) groups is 1. The van der Waals surface area contributed by atoms with E-state index in [-0.39, 0.29) is 18.0 Å². The second-order valence-electron chi connectivity index (χ2n) is 7.88. The third-order valence-corrected chi connectivity index (χ3v) is 5.92. The van der Waals surface area contributed by atoms with Crippen molar-refractivity contribution in [1.82, 2.24) is 24.9 Å². The van der Waals surface area contributed by atoms with Gasteiger partial charge in [0, 0.05) is 12.6 Å². The lowest BCUT2D eigenvalue weighted by molar-refractivity contribution is -0.141. The Morgan fingerprint density at radius 1 is 1.06 bits per heavy atom. The first kappa shape index (κ1) is 19.5. The standard InChI is InChI=1S/C21H19F3N6O/c22-21(23,24)19-6-5-14(11-25-19)28-16-9-13-10-18(16)29(12-13)20(31)15-3-1-2-4-17(15)30-26-7-8-27-30/h1-8,11,13,16,18,28H,9-10,12H2/t13-,16+,18-/m0/s1. The lowest BCUT2D eigenvalue weighted by Gasteiger charge is -2.34. The number of fused-ring (bicyclic) bond motifs is 2. The number of halogens is 3. The number of carbonyl (C=O) groups excluding carboxylic acids is 1. The molecule has 2 aliphatic rings. The van der Waals surface area contributed by atoms with E-state index < -0.39 is 11.9 Å². The van der Waals surface area contributed by atoms with Crippen molar-refractivity contribution in [3.05, 3.63) is 66.2 Å². The summed E-state index contributed by atoms with van der Waals surface area (Å²) in [6, 6.07) is 9.44. The maximum atomic E-state index is 13.4. The van der Waals surface area contributed by atoms with Crippen LogP contribution in [0.2, 0.25) is 0 Å². The van der Waals surface area contributed by atoms with Crippen LogP contribution in [0.4, 0.5) is 18.9 Å². The van der Waals surface area contributed by atoms with E-state index in [0.29, 0.717) is 29.4 Å². The summed E-state index contributed by atoms with van der Waals surface area (Å²) < 4.78 is 38.2. The molecule has 2 aromatic heterocycles. The van der Waals surface area contributed by atoms with Crippen molar-refractivity contribution in [3.8, 4) is 5.69 Å². The summed E-state index contributed by atoms with van der Waals surface area (Å²) in [5.41, 5.74) is 0.712. The zero-order chi connectivity index (χ0) is 21.6. The molecule has 160 valence electrons. The van der Waals surface area contributed by atoms with Crippen LogP contribution in [0.1, 0.15) is 28.9 Å². The van der Waals surface area contributed by atoms with Crippen molar-refractivity contribution >= 4 is 11.6 Å². The summed E-state index contributed by atoms with van der Waals surface area (Å²) in [5, 5.41) is 11.5. The number of hydrogen-bond donors (Lipinski definition) is 1. The first-order chi connectivity index (χ1) is 14.9. The van der Waals surface area contributed by atoms with Gasteiger partial charge in [-0.2, -0.15) is 28.2 Å². The van der Waals surface area contributed by atoms with Gasteiger partial charge >= 0.3 is 6.18 Å². The Bertz CT molecular complexity index is 1080. The minimum atomic E-state index is -4.47. The quantitative estimate of drug-likeness (QED) is 0.690. The molecule has 0 spiro atoms. The van der Waals surface area contributed by atoms with Crippen LogP contribution in [0.5, 0.6) is 0 Å². The van der Waals surface area contributed by atoms with E-state index in [1.54, 1.807) is 30.6 Å². The normalized spacial score (nSPS) is 22.7. The third-order valence-electron chi connectivity index (χ3n) is 5.92. The number of para-hydroxylation sites is 1. The van der Waals surface area contributed by atoms with Crippen LogP contribution < -0.4 is 5.32 Å². The highest BCUT2D eigenvalue weighted by atomic mass is 19.4. The summed E-state index contributed by atoms with van der Waals surface area (Å²) in [5.74, 6) is 0.251. The van der Waals surface area contributed by atoms with Crippen molar-refractivity contribution in [2.45, 2.75) is 31.1 Å². The van der Waals surface area contributed by atoms with Gasteiger partial charge in [0.05, 0.1) is 41.6 Å². The molecule has 3 aromatic rings. The summed E-state index contributed by atoms with van der Waals surface area (Å²) in [7, 11) is 0. The molecule has 1 amide bonds. The first-order valence-corrected chi connectivity index (χ1v) is 9.96. The maximum Gasteiger partial charge on any atom is 0.433 e. The molecule has 5 rings (SSSR count). The van der Waals surface area contributed by atoms with Crippen LogP contribution in [0.25, 0.3) is 5.69 Å². The average Bonchev–Trinajstić information content (AvgIpc) is 3.50. The van der Waals surface area contributed by atoms with Gasteiger partial charge in [-0.25, -0.2) is 4.98 Å². The minimum absolute atomic E-state index is 0.0431. The molecule has 2 bridgehead atoms. The van der Waals surface area contributed by atoms with Gasteiger partial charge in [0.1, 0.15) is 5.69 Å². The van der Waals surface area contributed by atoms with Gasteiger partial charge in [0.2, 0.25) is 0 Å². The molecular weight excluding hydrogens is 409 g/mol. The number of benzene rings is 1. The molecule has 10 heteroatoms. The molecule has 3 atom stereocenters. The molecule has 2 fully saturated rings. The molecule has 0 unspecified atom stereocenters. The Morgan fingerprint density at radius 2 is 1.84 bits per heavy atom. The molecule has 7 nitrogen and oxygen atoms in total. The van der Waals surface area contributed by atoms with E-state index in [2.05, 4.69) is 20.5 Å². The van der Waals surface area contributed by atoms with E-state index in [4.69, 9.17) is 0 Å². The minimum Gasteiger partial charge on any atom is -0.379 e. The van der Waals surface area contributed by atoms with E-state index in [1.807, 2.05) is 11.0 Å². The second-order valence-corrected chi connectivity index (χ2v) is 7.88. The fraction of sp³-hybridized carbons (Fsp3) is 0.333. The van der Waals surface area contributed by atoms with E-state index in [0.717, 1.165) is 18.9 Å². The SMILES string of the molecule is O=C(c1ccccc1-n1nccn1)N1C[C@H]2C[C@@H](Nc3ccc(C(F)(F)F)nc3)[C@@H]1C2. The Kier molecular flexibility index (Phi) is 4.64. The van der Waals surface area contributed by atoms with E-state index >= 15 is 0 Å². The van der Waals surface area contributed by atoms with Crippen LogP contribution >= 0.6 is 0 Å². The van der Waals surface area contributed by atoms with E-state index in [1.165, 1.54) is 17.1 Å². The van der Waals surface area contributed by atoms with Gasteiger partial charge in [-0.1, -0.05) is 12.1 Å². The largest absolute Gasteiger partial charge is 0.433 e. The zero-order valence-corrected chi connectivity index (χ0v) is 16.3. The van der Waals surface area contributed by atoms with Crippen molar-refractivity contribution in [1.29, 1.82) is 0 Å². The first-order valence-electron chi connectivity index (χ1n) is 9.96. The van der Waals surface area contributed by atoms with Crippen molar-refractivity contribution in [2.75, 3.05) is 11.9 Å². The van der Waals surface area contributed by atoms with Crippen LogP contribution in [0, 0.1) is 5.92 Å². The molecule has 31 heavy (non-hydrogen) atoms. The summed E-state index contributed by atoms with van der Waals surface area (Å²) in [6.07, 6.45) is 1.55. The molecular formula is C21H19F3N6O. The van der Waals surface area contributed by atoms with Crippen LogP contribution in [-0.2, 0) is 6.18 Å². The number of nitrogens with one attached hydrogen (secondary N) is 1. The second kappa shape index (κ2) is 7.36. The van der Waals surface area contributed by atoms with Gasteiger partial charge in [0.25, 0.3) is 5.91 Å². The number of amides is 1. The third kappa shape index (κ3) is 3.62. The van der Waals surface area contributed by atoms with Gasteiger partial charge < -0.3 is 10.2 Å². The highest BCUT2D eigenvalue weighted by molar-refractivity contribution is 5.98. The Morgan fingerprint density at radius 3 is 2.52 bits per heavy atom. The number of alkyl halides is 3. The lowest BCUT2D eigenvalue weighted by atomic mass is 10.0. The molecule has 0 radical (unpaired) electrons. The average molecular weight is 428 g/mol. The predicted molar refractivity (Wildman–Crippen MR) is 106 cm³/mol. The maximum absolute atomic E-state index is 13.4. The van der Waals surface area contributed by atoms with Gasteiger partial charge in [-0.05, 0) is 43.0 Å². The number of aromatic nitrogens is 4. The molecule has 1 aliphatic carbocycles. The number of likely N-dealkylation sites (tertiary alicyclic amines) is 1. The molecule has 1 saturated heterocycles. The Balaban J connectivity index is 1.35. The topological polar surface area (TPSA) is 75.9 Å². The van der Waals surface area contributed by atoms with Crippen LogP contribution in [0.15, 0.2) is 55.0 Å². The number of anilines is 1. The number of rotatable bonds is 4. The van der Waals surface area contributed by atoms with Crippen molar-refractivity contribution < 1.29 is 18.0 Å².